The largest absolute Gasteiger partial charge is 0.493 e. The zero-order valence-corrected chi connectivity index (χ0v) is 18.6. The lowest BCUT2D eigenvalue weighted by Gasteiger charge is -2.19. The standard InChI is InChI=1S/C26H25N3O4/c1-29(25(30)15-22-20-10-6-7-11-21(20)26(31)28-27-22)16-19-12-13-23(24(14-19)32-2)33-17-18-8-4-3-5-9-18/h3-14H,15-17H2,1-2H3,(H,28,31). The van der Waals surface area contributed by atoms with E-state index in [1.54, 1.807) is 37.3 Å². The molecule has 1 amide bonds. The van der Waals surface area contributed by atoms with Crippen LogP contribution in [0, 0.1) is 0 Å². The number of hydrogen-bond donors (Lipinski definition) is 1. The monoisotopic (exact) mass is 443 g/mol. The molecule has 0 saturated carbocycles. The molecule has 7 nitrogen and oxygen atoms in total. The summed E-state index contributed by atoms with van der Waals surface area (Å²) in [4.78, 5) is 26.5. The van der Waals surface area contributed by atoms with Gasteiger partial charge in [-0.2, -0.15) is 5.10 Å². The second kappa shape index (κ2) is 9.99. The molecule has 4 aromatic rings. The fourth-order valence-corrected chi connectivity index (χ4v) is 3.61. The van der Waals surface area contributed by atoms with Crippen molar-refractivity contribution in [1.82, 2.24) is 15.1 Å². The van der Waals surface area contributed by atoms with E-state index in [1.165, 1.54) is 0 Å². The van der Waals surface area contributed by atoms with Crippen LogP contribution in [0.2, 0.25) is 0 Å². The second-order valence-electron chi connectivity index (χ2n) is 7.73. The minimum atomic E-state index is -0.267. The van der Waals surface area contributed by atoms with E-state index in [2.05, 4.69) is 10.2 Å². The Bertz CT molecular complexity index is 1320. The second-order valence-corrected chi connectivity index (χ2v) is 7.73. The van der Waals surface area contributed by atoms with Crippen LogP contribution in [0.5, 0.6) is 11.5 Å². The molecular weight excluding hydrogens is 418 g/mol. The van der Waals surface area contributed by atoms with Crippen molar-refractivity contribution in [3.05, 3.63) is 100.0 Å². The van der Waals surface area contributed by atoms with Crippen molar-refractivity contribution >= 4 is 16.7 Å². The van der Waals surface area contributed by atoms with Gasteiger partial charge in [0.15, 0.2) is 11.5 Å². The number of hydrogen-bond acceptors (Lipinski definition) is 5. The lowest BCUT2D eigenvalue weighted by Crippen LogP contribution is -2.28. The fraction of sp³-hybridized carbons (Fsp3) is 0.192. The number of H-pyrrole nitrogens is 1. The summed E-state index contributed by atoms with van der Waals surface area (Å²) in [6, 6.07) is 22.7. The van der Waals surface area contributed by atoms with Crippen LogP contribution in [0.25, 0.3) is 10.8 Å². The molecule has 0 aliphatic rings. The Balaban J connectivity index is 1.43. The number of rotatable bonds is 8. The molecule has 0 spiro atoms. The van der Waals surface area contributed by atoms with Gasteiger partial charge in [0.1, 0.15) is 6.61 Å². The molecule has 0 aliphatic heterocycles. The van der Waals surface area contributed by atoms with Crippen molar-refractivity contribution in [1.29, 1.82) is 0 Å². The van der Waals surface area contributed by atoms with Crippen LogP contribution < -0.4 is 15.0 Å². The van der Waals surface area contributed by atoms with Gasteiger partial charge in [0.25, 0.3) is 5.56 Å². The highest BCUT2D eigenvalue weighted by molar-refractivity contribution is 5.88. The summed E-state index contributed by atoms with van der Waals surface area (Å²) in [6.07, 6.45) is 0.0865. The first-order chi connectivity index (χ1) is 16.0. The quantitative estimate of drug-likeness (QED) is 0.449. The first-order valence-corrected chi connectivity index (χ1v) is 10.6. The van der Waals surface area contributed by atoms with E-state index < -0.39 is 0 Å². The highest BCUT2D eigenvalue weighted by Crippen LogP contribution is 2.29. The molecule has 0 saturated heterocycles. The maximum atomic E-state index is 12.9. The molecule has 33 heavy (non-hydrogen) atoms. The van der Waals surface area contributed by atoms with Gasteiger partial charge in [0, 0.05) is 19.0 Å². The molecule has 0 aliphatic carbocycles. The summed E-state index contributed by atoms with van der Waals surface area (Å²) in [5.41, 5.74) is 2.26. The summed E-state index contributed by atoms with van der Waals surface area (Å²) in [6.45, 7) is 0.838. The summed E-state index contributed by atoms with van der Waals surface area (Å²) >= 11 is 0. The zero-order valence-electron chi connectivity index (χ0n) is 18.6. The molecular formula is C26H25N3O4. The maximum Gasteiger partial charge on any atom is 0.272 e. The molecule has 0 bridgehead atoms. The smallest absolute Gasteiger partial charge is 0.272 e. The van der Waals surface area contributed by atoms with E-state index in [1.807, 2.05) is 54.6 Å². The van der Waals surface area contributed by atoms with Gasteiger partial charge < -0.3 is 14.4 Å². The first-order valence-electron chi connectivity index (χ1n) is 10.6. The molecule has 0 fully saturated rings. The van der Waals surface area contributed by atoms with Gasteiger partial charge >= 0.3 is 0 Å². The molecule has 7 heteroatoms. The number of methoxy groups -OCH3 is 1. The van der Waals surface area contributed by atoms with Crippen LogP contribution in [-0.2, 0) is 24.4 Å². The van der Waals surface area contributed by atoms with Gasteiger partial charge in [-0.15, -0.1) is 0 Å². The Morgan fingerprint density at radius 2 is 1.67 bits per heavy atom. The molecule has 0 radical (unpaired) electrons. The molecule has 168 valence electrons. The van der Waals surface area contributed by atoms with E-state index in [4.69, 9.17) is 9.47 Å². The van der Waals surface area contributed by atoms with Crippen LogP contribution in [0.3, 0.4) is 0 Å². The van der Waals surface area contributed by atoms with Crippen LogP contribution >= 0.6 is 0 Å². The summed E-state index contributed by atoms with van der Waals surface area (Å²) in [5.74, 6) is 1.14. The lowest BCUT2D eigenvalue weighted by atomic mass is 10.1. The highest BCUT2D eigenvalue weighted by atomic mass is 16.5. The third-order valence-electron chi connectivity index (χ3n) is 5.40. The van der Waals surface area contributed by atoms with Crippen molar-refractivity contribution in [3.63, 3.8) is 0 Å². The summed E-state index contributed by atoms with van der Waals surface area (Å²) in [7, 11) is 3.33. The molecule has 4 rings (SSSR count). The van der Waals surface area contributed by atoms with Gasteiger partial charge in [0.05, 0.1) is 24.6 Å². The number of aromatic nitrogens is 2. The van der Waals surface area contributed by atoms with Crippen molar-refractivity contribution < 1.29 is 14.3 Å². The number of ether oxygens (including phenoxy) is 2. The number of nitrogens with zero attached hydrogens (tertiary/aromatic N) is 2. The van der Waals surface area contributed by atoms with Gasteiger partial charge in [-0.25, -0.2) is 5.10 Å². The molecule has 1 aromatic heterocycles. The van der Waals surface area contributed by atoms with E-state index in [9.17, 15) is 9.59 Å². The van der Waals surface area contributed by atoms with E-state index in [-0.39, 0.29) is 17.9 Å². The van der Waals surface area contributed by atoms with E-state index in [0.717, 1.165) is 11.1 Å². The van der Waals surface area contributed by atoms with Crippen LogP contribution in [-0.4, -0.2) is 35.2 Å². The van der Waals surface area contributed by atoms with Gasteiger partial charge in [-0.05, 0) is 29.3 Å². The van der Waals surface area contributed by atoms with Crippen molar-refractivity contribution in [3.8, 4) is 11.5 Å². The van der Waals surface area contributed by atoms with Crippen molar-refractivity contribution in [2.24, 2.45) is 0 Å². The normalized spacial score (nSPS) is 10.7. The Morgan fingerprint density at radius 3 is 2.42 bits per heavy atom. The van der Waals surface area contributed by atoms with E-state index in [0.29, 0.717) is 41.1 Å². The molecule has 1 N–H and O–H groups in total. The van der Waals surface area contributed by atoms with Gasteiger partial charge in [-0.1, -0.05) is 54.6 Å². The minimum absolute atomic E-state index is 0.0865. The number of nitrogens with one attached hydrogen (secondary N) is 1. The van der Waals surface area contributed by atoms with Gasteiger partial charge in [-0.3, -0.25) is 9.59 Å². The third kappa shape index (κ3) is 5.20. The van der Waals surface area contributed by atoms with Crippen LogP contribution in [0.1, 0.15) is 16.8 Å². The summed E-state index contributed by atoms with van der Waals surface area (Å²) < 4.78 is 11.4. The lowest BCUT2D eigenvalue weighted by molar-refractivity contribution is -0.129. The van der Waals surface area contributed by atoms with Crippen molar-refractivity contribution in [2.75, 3.05) is 14.2 Å². The van der Waals surface area contributed by atoms with Crippen molar-refractivity contribution in [2.45, 2.75) is 19.6 Å². The number of carbonyl (C=O) groups excluding carboxylic acids is 1. The average molecular weight is 444 g/mol. The first kappa shape index (κ1) is 22.1. The molecule has 0 unspecified atom stereocenters. The Kier molecular flexibility index (Phi) is 6.69. The van der Waals surface area contributed by atoms with E-state index >= 15 is 0 Å². The van der Waals surface area contributed by atoms with Crippen LogP contribution in [0.4, 0.5) is 0 Å². The summed E-state index contributed by atoms with van der Waals surface area (Å²) in [5, 5.41) is 7.78. The number of fused-ring (bicyclic) bond motifs is 1. The number of likely N-dealkylation sites (N-methyl/N-ethyl adjacent to an activating group) is 1. The number of aromatic amines is 1. The SMILES string of the molecule is COc1cc(CN(C)C(=O)Cc2n[nH]c(=O)c3ccccc23)ccc1OCc1ccccc1. The predicted molar refractivity (Wildman–Crippen MR) is 126 cm³/mol. The minimum Gasteiger partial charge on any atom is -0.493 e. The van der Waals surface area contributed by atoms with Gasteiger partial charge in [0.2, 0.25) is 5.91 Å². The highest BCUT2D eigenvalue weighted by Gasteiger charge is 2.15. The Morgan fingerprint density at radius 1 is 0.939 bits per heavy atom. The number of benzene rings is 3. The zero-order chi connectivity index (χ0) is 23.2. The van der Waals surface area contributed by atoms with Crippen LogP contribution in [0.15, 0.2) is 77.6 Å². The number of carbonyl (C=O) groups is 1. The number of amides is 1. The Labute approximate surface area is 191 Å². The molecule has 1 heterocycles. The molecule has 0 atom stereocenters. The third-order valence-corrected chi connectivity index (χ3v) is 5.40. The predicted octanol–water partition coefficient (Wildman–Crippen LogP) is 3.71. The molecule has 3 aromatic carbocycles. The topological polar surface area (TPSA) is 84.5 Å². The Hall–Kier alpha value is -4.13. The average Bonchev–Trinajstić information content (AvgIpc) is 2.85. The maximum absolute atomic E-state index is 12.9. The fourth-order valence-electron chi connectivity index (χ4n) is 3.61.